The first-order chi connectivity index (χ1) is 7.74. The van der Waals surface area contributed by atoms with Crippen molar-refractivity contribution in [1.29, 1.82) is 0 Å². The van der Waals surface area contributed by atoms with Gasteiger partial charge in [-0.3, -0.25) is 0 Å². The van der Waals surface area contributed by atoms with Crippen molar-refractivity contribution in [3.8, 4) is 11.5 Å². The molecule has 0 spiro atoms. The minimum Gasteiger partial charge on any atom is -0.375 e. The molecule has 2 aromatic heterocycles. The van der Waals surface area contributed by atoms with Crippen LogP contribution in [0.25, 0.3) is 22.6 Å². The second-order valence-electron chi connectivity index (χ2n) is 3.29. The van der Waals surface area contributed by atoms with Gasteiger partial charge in [0.2, 0.25) is 0 Å². The number of nitrogen functional groups attached to an aromatic ring is 1. The smallest absolute Gasteiger partial charge is 0.180 e. The maximum atomic E-state index is 6.04. The van der Waals surface area contributed by atoms with Crippen LogP contribution < -0.4 is 5.73 Å². The predicted molar refractivity (Wildman–Crippen MR) is 66.6 cm³/mol. The van der Waals surface area contributed by atoms with Crippen molar-refractivity contribution in [2.24, 2.45) is 0 Å². The molecule has 1 aromatic carbocycles. The number of H-pyrrole nitrogens is 1. The van der Waals surface area contributed by atoms with E-state index in [1.54, 1.807) is 0 Å². The van der Waals surface area contributed by atoms with E-state index in [0.29, 0.717) is 16.0 Å². The molecule has 6 heteroatoms. The Kier molecular flexibility index (Phi) is 2.08. The van der Waals surface area contributed by atoms with Gasteiger partial charge in [-0.15, -0.1) is 11.3 Å². The lowest BCUT2D eigenvalue weighted by atomic mass is 10.3. The fraction of sp³-hybridized carbons (Fsp3) is 0. The average Bonchev–Trinajstić information content (AvgIpc) is 2.84. The molecule has 80 valence electrons. The van der Waals surface area contributed by atoms with Crippen LogP contribution in [0.1, 0.15) is 0 Å². The first-order valence-corrected chi connectivity index (χ1v) is 5.85. The summed E-state index contributed by atoms with van der Waals surface area (Å²) in [5.41, 5.74) is 7.98. The minimum atomic E-state index is 0.529. The molecule has 0 fully saturated rings. The average molecular weight is 251 g/mol. The van der Waals surface area contributed by atoms with E-state index in [0.717, 1.165) is 16.7 Å². The molecule has 0 atom stereocenters. The normalized spacial score (nSPS) is 11.1. The summed E-state index contributed by atoms with van der Waals surface area (Å²) in [6, 6.07) is 5.61. The molecule has 0 saturated heterocycles. The van der Waals surface area contributed by atoms with Crippen LogP contribution in [0.15, 0.2) is 23.6 Å². The maximum absolute atomic E-state index is 6.04. The Morgan fingerprint density at radius 3 is 2.88 bits per heavy atom. The van der Waals surface area contributed by atoms with Crippen molar-refractivity contribution in [2.45, 2.75) is 0 Å². The minimum absolute atomic E-state index is 0.529. The summed E-state index contributed by atoms with van der Waals surface area (Å²) in [5.74, 6) is 0.691. The number of imidazole rings is 1. The highest BCUT2D eigenvalue weighted by Crippen LogP contribution is 2.26. The van der Waals surface area contributed by atoms with Gasteiger partial charge in [-0.25, -0.2) is 9.97 Å². The molecule has 0 unspecified atom stereocenters. The van der Waals surface area contributed by atoms with E-state index in [-0.39, 0.29) is 0 Å². The van der Waals surface area contributed by atoms with E-state index in [4.69, 9.17) is 17.3 Å². The maximum Gasteiger partial charge on any atom is 0.180 e. The third-order valence-electron chi connectivity index (χ3n) is 2.23. The van der Waals surface area contributed by atoms with E-state index in [2.05, 4.69) is 15.0 Å². The first-order valence-electron chi connectivity index (χ1n) is 4.59. The zero-order valence-electron chi connectivity index (χ0n) is 8.07. The molecule has 0 saturated carbocycles. The number of benzene rings is 1. The standard InChI is InChI=1S/C10H7ClN4S/c11-5-2-1-3-6-8(5)15-9(13-6)7-4-16-10(12)14-7/h1-4H,(H2,12,14)(H,13,15). The monoisotopic (exact) mass is 250 g/mol. The number of nitrogens with two attached hydrogens (primary N) is 1. The number of aromatic amines is 1. The molecular formula is C10H7ClN4S. The van der Waals surface area contributed by atoms with Gasteiger partial charge in [-0.1, -0.05) is 17.7 Å². The Bertz CT molecular complexity index is 658. The Hall–Kier alpha value is -1.59. The molecule has 3 rings (SSSR count). The molecule has 0 bridgehead atoms. The van der Waals surface area contributed by atoms with Crippen LogP contribution in [0.2, 0.25) is 5.02 Å². The van der Waals surface area contributed by atoms with Gasteiger partial charge in [0, 0.05) is 5.38 Å². The molecule has 4 nitrogen and oxygen atoms in total. The summed E-state index contributed by atoms with van der Waals surface area (Å²) < 4.78 is 0. The van der Waals surface area contributed by atoms with Crippen LogP contribution in [0.3, 0.4) is 0 Å². The second-order valence-corrected chi connectivity index (χ2v) is 4.59. The number of hydrogen-bond donors (Lipinski definition) is 2. The third-order valence-corrected chi connectivity index (χ3v) is 3.21. The van der Waals surface area contributed by atoms with Gasteiger partial charge in [0.25, 0.3) is 0 Å². The van der Waals surface area contributed by atoms with Crippen LogP contribution in [0.4, 0.5) is 5.13 Å². The predicted octanol–water partition coefficient (Wildman–Crippen LogP) is 2.92. The fourth-order valence-corrected chi connectivity index (χ4v) is 2.28. The van der Waals surface area contributed by atoms with E-state index in [9.17, 15) is 0 Å². The molecule has 16 heavy (non-hydrogen) atoms. The Morgan fingerprint density at radius 2 is 2.19 bits per heavy atom. The van der Waals surface area contributed by atoms with Crippen molar-refractivity contribution in [1.82, 2.24) is 15.0 Å². The molecule has 0 radical (unpaired) electrons. The number of nitrogens with zero attached hydrogens (tertiary/aromatic N) is 2. The first kappa shape index (κ1) is 9.62. The molecule has 0 aliphatic rings. The van der Waals surface area contributed by atoms with Gasteiger partial charge in [0.1, 0.15) is 11.2 Å². The highest BCUT2D eigenvalue weighted by molar-refractivity contribution is 7.13. The van der Waals surface area contributed by atoms with Gasteiger partial charge < -0.3 is 10.7 Å². The summed E-state index contributed by atoms with van der Waals surface area (Å²) in [4.78, 5) is 11.7. The van der Waals surface area contributed by atoms with Crippen LogP contribution in [-0.4, -0.2) is 15.0 Å². The highest BCUT2D eigenvalue weighted by atomic mass is 35.5. The Labute approximate surface area is 100 Å². The topological polar surface area (TPSA) is 67.6 Å². The van der Waals surface area contributed by atoms with Crippen molar-refractivity contribution in [3.05, 3.63) is 28.6 Å². The van der Waals surface area contributed by atoms with Crippen LogP contribution in [0, 0.1) is 0 Å². The SMILES string of the molecule is Nc1nc(-c2nc3c(Cl)cccc3[nH]2)cs1. The number of rotatable bonds is 1. The van der Waals surface area contributed by atoms with Gasteiger partial charge in [-0.05, 0) is 12.1 Å². The zero-order valence-corrected chi connectivity index (χ0v) is 9.64. The summed E-state index contributed by atoms with van der Waals surface area (Å²) in [6.45, 7) is 0. The van der Waals surface area contributed by atoms with Crippen LogP contribution in [0.5, 0.6) is 0 Å². The van der Waals surface area contributed by atoms with E-state index in [1.165, 1.54) is 11.3 Å². The lowest BCUT2D eigenvalue weighted by molar-refractivity contribution is 1.28. The van der Waals surface area contributed by atoms with E-state index >= 15 is 0 Å². The van der Waals surface area contributed by atoms with Crippen molar-refractivity contribution in [3.63, 3.8) is 0 Å². The molecule has 3 N–H and O–H groups in total. The van der Waals surface area contributed by atoms with Crippen LogP contribution >= 0.6 is 22.9 Å². The van der Waals surface area contributed by atoms with Gasteiger partial charge in [0.15, 0.2) is 11.0 Å². The molecule has 3 aromatic rings. The van der Waals surface area contributed by atoms with Gasteiger partial charge in [-0.2, -0.15) is 0 Å². The van der Waals surface area contributed by atoms with Gasteiger partial charge in [0.05, 0.1) is 10.5 Å². The molecular weight excluding hydrogens is 244 g/mol. The lowest BCUT2D eigenvalue weighted by Crippen LogP contribution is -1.84. The number of thiazole rings is 1. The molecule has 0 aliphatic heterocycles. The number of para-hydroxylation sites is 1. The van der Waals surface area contributed by atoms with Gasteiger partial charge >= 0.3 is 0 Å². The molecule has 2 heterocycles. The van der Waals surface area contributed by atoms with Crippen molar-refractivity contribution < 1.29 is 0 Å². The summed E-state index contributed by atoms with van der Waals surface area (Å²) in [6.07, 6.45) is 0. The van der Waals surface area contributed by atoms with Crippen molar-refractivity contribution >= 4 is 39.1 Å². The second kappa shape index (κ2) is 3.47. The summed E-state index contributed by atoms with van der Waals surface area (Å²) in [5, 5.41) is 3.02. The highest BCUT2D eigenvalue weighted by Gasteiger charge is 2.09. The Balaban J connectivity index is 2.22. The number of fused-ring (bicyclic) bond motifs is 1. The molecule has 0 aliphatic carbocycles. The number of anilines is 1. The van der Waals surface area contributed by atoms with E-state index in [1.807, 2.05) is 23.6 Å². The Morgan fingerprint density at radius 1 is 1.31 bits per heavy atom. The lowest BCUT2D eigenvalue weighted by Gasteiger charge is -1.88. The van der Waals surface area contributed by atoms with Crippen LogP contribution in [-0.2, 0) is 0 Å². The van der Waals surface area contributed by atoms with Crippen molar-refractivity contribution in [2.75, 3.05) is 5.73 Å². The number of hydrogen-bond acceptors (Lipinski definition) is 4. The van der Waals surface area contributed by atoms with E-state index < -0.39 is 0 Å². The number of halogens is 1. The quantitative estimate of drug-likeness (QED) is 0.698. The third kappa shape index (κ3) is 1.45. The number of aromatic nitrogens is 3. The fourth-order valence-electron chi connectivity index (χ4n) is 1.51. The summed E-state index contributed by atoms with van der Waals surface area (Å²) >= 11 is 7.43. The summed E-state index contributed by atoms with van der Waals surface area (Å²) in [7, 11) is 0. The zero-order chi connectivity index (χ0) is 11.1. The largest absolute Gasteiger partial charge is 0.375 e. The number of nitrogens with one attached hydrogen (secondary N) is 1. The molecule has 0 amide bonds.